The number of hydrogen-bond donors (Lipinski definition) is 2. The highest BCUT2D eigenvalue weighted by molar-refractivity contribution is 7.13. The van der Waals surface area contributed by atoms with E-state index < -0.39 is 11.3 Å². The maximum atomic E-state index is 13.3. The molecule has 2 amide bonds. The SMILES string of the molecule is C[C@@]1(C(=O)Nc2nccs2)Cc2ccc(C(N)=O)cc2[C@@H]1c1ccccc1. The largest absolute Gasteiger partial charge is 0.366 e. The highest BCUT2D eigenvalue weighted by Crippen LogP contribution is 2.51. The standard InChI is InChI=1S/C21H19N3O2S/c1-21(19(26)24-20-23-9-10-27-20)12-15-8-7-14(18(22)25)11-16(15)17(21)13-5-3-2-4-6-13/h2-11,17H,12H2,1H3,(H2,22,25)(H,23,24,26)/t17-,21+/m0/s1. The van der Waals surface area contributed by atoms with Crippen molar-refractivity contribution in [2.24, 2.45) is 11.1 Å². The molecule has 27 heavy (non-hydrogen) atoms. The summed E-state index contributed by atoms with van der Waals surface area (Å²) in [5.74, 6) is -0.721. The number of nitrogens with two attached hydrogens (primary N) is 1. The molecule has 1 aliphatic rings. The molecule has 0 spiro atoms. The van der Waals surface area contributed by atoms with Gasteiger partial charge in [0, 0.05) is 23.1 Å². The van der Waals surface area contributed by atoms with Crippen LogP contribution in [0.5, 0.6) is 0 Å². The molecule has 0 radical (unpaired) electrons. The Labute approximate surface area is 161 Å². The fourth-order valence-electron chi connectivity index (χ4n) is 3.95. The zero-order valence-electron chi connectivity index (χ0n) is 14.8. The molecule has 3 aromatic rings. The van der Waals surface area contributed by atoms with Crippen LogP contribution in [0.1, 0.15) is 39.9 Å². The molecule has 2 aromatic carbocycles. The second-order valence-corrected chi connectivity index (χ2v) is 7.90. The second kappa shape index (κ2) is 6.63. The fourth-order valence-corrected chi connectivity index (χ4v) is 4.47. The minimum atomic E-state index is -0.703. The summed E-state index contributed by atoms with van der Waals surface area (Å²) in [6.45, 7) is 1.97. The molecule has 136 valence electrons. The summed E-state index contributed by atoms with van der Waals surface area (Å²) in [7, 11) is 0. The van der Waals surface area contributed by atoms with Crippen molar-refractivity contribution in [1.82, 2.24) is 4.98 Å². The number of primary amides is 1. The third-order valence-electron chi connectivity index (χ3n) is 5.24. The van der Waals surface area contributed by atoms with E-state index in [0.29, 0.717) is 17.1 Å². The van der Waals surface area contributed by atoms with E-state index in [1.54, 1.807) is 12.3 Å². The second-order valence-electron chi connectivity index (χ2n) is 7.01. The molecule has 3 N–H and O–H groups in total. The molecule has 5 nitrogen and oxygen atoms in total. The highest BCUT2D eigenvalue weighted by atomic mass is 32.1. The number of aromatic nitrogens is 1. The van der Waals surface area contributed by atoms with Crippen molar-refractivity contribution in [3.05, 3.63) is 82.4 Å². The molecule has 0 saturated heterocycles. The summed E-state index contributed by atoms with van der Waals surface area (Å²) in [5, 5.41) is 5.37. The van der Waals surface area contributed by atoms with E-state index in [4.69, 9.17) is 5.73 Å². The van der Waals surface area contributed by atoms with Crippen molar-refractivity contribution in [3.8, 4) is 0 Å². The summed E-state index contributed by atoms with van der Waals surface area (Å²) in [4.78, 5) is 29.1. The molecule has 1 aliphatic carbocycles. The Morgan fingerprint density at radius 3 is 2.67 bits per heavy atom. The minimum absolute atomic E-state index is 0.0804. The summed E-state index contributed by atoms with van der Waals surface area (Å²) in [6, 6.07) is 15.4. The van der Waals surface area contributed by atoms with Gasteiger partial charge in [-0.25, -0.2) is 4.98 Å². The molecule has 1 heterocycles. The van der Waals surface area contributed by atoms with Gasteiger partial charge in [-0.15, -0.1) is 11.3 Å². The Balaban J connectivity index is 1.81. The van der Waals surface area contributed by atoms with Crippen molar-refractivity contribution in [3.63, 3.8) is 0 Å². The molecule has 1 aromatic heterocycles. The van der Waals surface area contributed by atoms with Gasteiger partial charge < -0.3 is 11.1 Å². The number of thiazole rings is 1. The van der Waals surface area contributed by atoms with E-state index >= 15 is 0 Å². The molecule has 0 aliphatic heterocycles. The number of fused-ring (bicyclic) bond motifs is 1. The third kappa shape index (κ3) is 3.02. The van der Waals surface area contributed by atoms with E-state index in [1.807, 2.05) is 54.8 Å². The van der Waals surface area contributed by atoms with Crippen LogP contribution in [0.3, 0.4) is 0 Å². The predicted octanol–water partition coefficient (Wildman–Crippen LogP) is 3.58. The lowest BCUT2D eigenvalue weighted by Crippen LogP contribution is -2.37. The summed E-state index contributed by atoms with van der Waals surface area (Å²) >= 11 is 1.39. The molecule has 2 atom stereocenters. The van der Waals surface area contributed by atoms with Gasteiger partial charge in [-0.2, -0.15) is 0 Å². The van der Waals surface area contributed by atoms with Crippen molar-refractivity contribution in [2.45, 2.75) is 19.3 Å². The zero-order chi connectivity index (χ0) is 19.0. The van der Waals surface area contributed by atoms with Crippen molar-refractivity contribution in [1.29, 1.82) is 0 Å². The van der Waals surface area contributed by atoms with Gasteiger partial charge in [0.1, 0.15) is 0 Å². The Kier molecular flexibility index (Phi) is 4.28. The van der Waals surface area contributed by atoms with Gasteiger partial charge in [-0.05, 0) is 42.2 Å². The molecular weight excluding hydrogens is 358 g/mol. The van der Waals surface area contributed by atoms with Gasteiger partial charge in [0.05, 0.1) is 5.41 Å². The normalized spacial score (nSPS) is 20.9. The van der Waals surface area contributed by atoms with Crippen molar-refractivity contribution < 1.29 is 9.59 Å². The number of rotatable bonds is 4. The Hall–Kier alpha value is -2.99. The summed E-state index contributed by atoms with van der Waals surface area (Å²) in [5.41, 5.74) is 8.32. The van der Waals surface area contributed by atoms with Gasteiger partial charge >= 0.3 is 0 Å². The lowest BCUT2D eigenvalue weighted by atomic mass is 9.73. The van der Waals surface area contributed by atoms with Gasteiger partial charge in [0.2, 0.25) is 11.8 Å². The average Bonchev–Trinajstić information content (AvgIpc) is 3.27. The number of nitrogens with one attached hydrogen (secondary N) is 1. The number of amides is 2. The number of nitrogens with zero attached hydrogens (tertiary/aromatic N) is 1. The molecule has 6 heteroatoms. The first-order chi connectivity index (χ1) is 13.0. The van der Waals surface area contributed by atoms with Gasteiger partial charge in [0.15, 0.2) is 5.13 Å². The highest BCUT2D eigenvalue weighted by Gasteiger charge is 2.49. The van der Waals surface area contributed by atoms with E-state index in [9.17, 15) is 9.59 Å². The van der Waals surface area contributed by atoms with Crippen LogP contribution in [0.25, 0.3) is 0 Å². The van der Waals surface area contributed by atoms with Gasteiger partial charge in [-0.1, -0.05) is 36.4 Å². The van der Waals surface area contributed by atoms with Crippen LogP contribution >= 0.6 is 11.3 Å². The minimum Gasteiger partial charge on any atom is -0.366 e. The Morgan fingerprint density at radius 1 is 1.22 bits per heavy atom. The van der Waals surface area contributed by atoms with Gasteiger partial charge in [0.25, 0.3) is 0 Å². The van der Waals surface area contributed by atoms with E-state index in [1.165, 1.54) is 11.3 Å². The van der Waals surface area contributed by atoms with Crippen LogP contribution in [-0.2, 0) is 11.2 Å². The van der Waals surface area contributed by atoms with Crippen LogP contribution < -0.4 is 11.1 Å². The number of hydrogen-bond acceptors (Lipinski definition) is 4. The third-order valence-corrected chi connectivity index (χ3v) is 5.93. The van der Waals surface area contributed by atoms with E-state index in [2.05, 4.69) is 10.3 Å². The maximum Gasteiger partial charge on any atom is 0.248 e. The maximum absolute atomic E-state index is 13.3. The zero-order valence-corrected chi connectivity index (χ0v) is 15.6. The quantitative estimate of drug-likeness (QED) is 0.729. The predicted molar refractivity (Wildman–Crippen MR) is 106 cm³/mol. The smallest absolute Gasteiger partial charge is 0.248 e. The lowest BCUT2D eigenvalue weighted by Gasteiger charge is -2.31. The van der Waals surface area contributed by atoms with E-state index in [0.717, 1.165) is 16.7 Å². The first kappa shape index (κ1) is 17.4. The molecule has 0 fully saturated rings. The van der Waals surface area contributed by atoms with Crippen molar-refractivity contribution >= 4 is 28.3 Å². The Morgan fingerprint density at radius 2 is 2.00 bits per heavy atom. The van der Waals surface area contributed by atoms with E-state index in [-0.39, 0.29) is 11.8 Å². The molecule has 0 saturated carbocycles. The number of carbonyl (C=O) groups is 2. The number of anilines is 1. The summed E-state index contributed by atoms with van der Waals surface area (Å²) < 4.78 is 0. The van der Waals surface area contributed by atoms with Crippen molar-refractivity contribution in [2.75, 3.05) is 5.32 Å². The van der Waals surface area contributed by atoms with Crippen LogP contribution in [0.15, 0.2) is 60.1 Å². The number of carbonyl (C=O) groups excluding carboxylic acids is 2. The first-order valence-electron chi connectivity index (χ1n) is 8.67. The summed E-state index contributed by atoms with van der Waals surface area (Å²) in [6.07, 6.45) is 2.25. The van der Waals surface area contributed by atoms with Crippen LogP contribution in [0.2, 0.25) is 0 Å². The average molecular weight is 377 g/mol. The lowest BCUT2D eigenvalue weighted by molar-refractivity contribution is -0.125. The molecule has 4 rings (SSSR count). The first-order valence-corrected chi connectivity index (χ1v) is 9.55. The fraction of sp³-hybridized carbons (Fsp3) is 0.190. The topological polar surface area (TPSA) is 85.1 Å². The van der Waals surface area contributed by atoms with Crippen LogP contribution in [0, 0.1) is 5.41 Å². The molecular formula is C21H19N3O2S. The molecule has 0 bridgehead atoms. The number of benzene rings is 2. The van der Waals surface area contributed by atoms with Gasteiger partial charge in [-0.3, -0.25) is 9.59 Å². The molecule has 0 unspecified atom stereocenters. The van der Waals surface area contributed by atoms with Crippen LogP contribution in [-0.4, -0.2) is 16.8 Å². The monoisotopic (exact) mass is 377 g/mol. The van der Waals surface area contributed by atoms with Crippen LogP contribution in [0.4, 0.5) is 5.13 Å². The Bertz CT molecular complexity index is 1000.